The number of hydrogen-bond acceptors (Lipinski definition) is 2. The van der Waals surface area contributed by atoms with Gasteiger partial charge in [-0.3, -0.25) is 10.1 Å². The minimum atomic E-state index is -0.305. The maximum atomic E-state index is 10.9. The number of allylic oxidation sites excluding steroid dienone is 3. The average molecular weight is 199 g/mol. The molecule has 2 unspecified atom stereocenters. The molecule has 0 radical (unpaired) electrons. The molecule has 3 heteroatoms. The lowest BCUT2D eigenvalue weighted by Crippen LogP contribution is -1.99. The van der Waals surface area contributed by atoms with Crippen LogP contribution in [0.3, 0.4) is 0 Å². The van der Waals surface area contributed by atoms with Gasteiger partial charge in [0.05, 0.1) is 4.92 Å². The van der Waals surface area contributed by atoms with Crippen molar-refractivity contribution < 1.29 is 4.92 Å². The molecule has 2 aliphatic rings. The van der Waals surface area contributed by atoms with Crippen molar-refractivity contribution in [2.45, 2.75) is 11.8 Å². The summed E-state index contributed by atoms with van der Waals surface area (Å²) in [6.45, 7) is 4.01. The Kier molecular flexibility index (Phi) is 1.44. The van der Waals surface area contributed by atoms with Crippen LogP contribution < -0.4 is 0 Å². The molecule has 0 saturated carbocycles. The molecule has 1 aromatic carbocycles. The number of nitrogens with zero attached hydrogens (tertiary/aromatic N) is 1. The van der Waals surface area contributed by atoms with Crippen LogP contribution in [0.2, 0.25) is 0 Å². The first kappa shape index (κ1) is 8.41. The Morgan fingerprint density at radius 1 is 1.27 bits per heavy atom. The fraction of sp³-hybridized carbons (Fsp3) is 0.167. The minimum absolute atomic E-state index is 0.0617. The van der Waals surface area contributed by atoms with Crippen LogP contribution in [0.15, 0.2) is 42.5 Å². The van der Waals surface area contributed by atoms with Crippen LogP contribution >= 0.6 is 0 Å². The van der Waals surface area contributed by atoms with Gasteiger partial charge in [-0.2, -0.15) is 0 Å². The van der Waals surface area contributed by atoms with Crippen LogP contribution in [-0.4, -0.2) is 4.92 Å². The maximum absolute atomic E-state index is 10.9. The molecule has 0 spiro atoms. The van der Waals surface area contributed by atoms with E-state index < -0.39 is 0 Å². The Morgan fingerprint density at radius 3 is 2.73 bits per heavy atom. The molecule has 2 atom stereocenters. The van der Waals surface area contributed by atoms with Crippen LogP contribution in [0.4, 0.5) is 5.69 Å². The molecule has 15 heavy (non-hydrogen) atoms. The third kappa shape index (κ3) is 0.897. The summed E-state index contributed by atoms with van der Waals surface area (Å²) in [6.07, 6.45) is 4.10. The summed E-state index contributed by atoms with van der Waals surface area (Å²) in [5.74, 6) is 0.261. The third-order valence-corrected chi connectivity index (χ3v) is 3.25. The second kappa shape index (κ2) is 2.57. The van der Waals surface area contributed by atoms with E-state index in [9.17, 15) is 10.1 Å². The van der Waals surface area contributed by atoms with E-state index in [-0.39, 0.29) is 22.4 Å². The van der Waals surface area contributed by atoms with Gasteiger partial charge in [0.2, 0.25) is 0 Å². The summed E-state index contributed by atoms with van der Waals surface area (Å²) < 4.78 is 0. The molecule has 0 aromatic heterocycles. The van der Waals surface area contributed by atoms with Crippen LogP contribution in [0.5, 0.6) is 0 Å². The van der Waals surface area contributed by atoms with E-state index in [0.29, 0.717) is 0 Å². The number of benzene rings is 1. The summed E-state index contributed by atoms with van der Waals surface area (Å²) in [5.41, 5.74) is 3.20. The molecule has 74 valence electrons. The zero-order chi connectivity index (χ0) is 10.6. The molecule has 3 rings (SSSR count). The molecule has 0 fully saturated rings. The van der Waals surface area contributed by atoms with Crippen LogP contribution in [0, 0.1) is 10.1 Å². The number of nitro benzene ring substituents is 1. The van der Waals surface area contributed by atoms with Crippen molar-refractivity contribution in [2.75, 3.05) is 0 Å². The SMILES string of the molecule is C=C1C2C=CC1c1c2cccc1[N+](=O)[O-]. The smallest absolute Gasteiger partial charge is 0.258 e. The lowest BCUT2D eigenvalue weighted by Gasteiger charge is -2.08. The van der Waals surface area contributed by atoms with Gasteiger partial charge in [0.1, 0.15) is 0 Å². The van der Waals surface area contributed by atoms with E-state index in [1.165, 1.54) is 0 Å². The molecule has 1 aromatic rings. The Hall–Kier alpha value is -1.90. The second-order valence-corrected chi connectivity index (χ2v) is 3.95. The first-order valence-electron chi connectivity index (χ1n) is 4.84. The van der Waals surface area contributed by atoms with Gasteiger partial charge in [-0.15, -0.1) is 0 Å². The normalized spacial score (nSPS) is 25.7. The molecule has 0 saturated heterocycles. The zero-order valence-corrected chi connectivity index (χ0v) is 8.01. The highest BCUT2D eigenvalue weighted by Gasteiger charge is 2.40. The Morgan fingerprint density at radius 2 is 2.00 bits per heavy atom. The van der Waals surface area contributed by atoms with Crippen LogP contribution in [-0.2, 0) is 0 Å². The third-order valence-electron chi connectivity index (χ3n) is 3.25. The molecular weight excluding hydrogens is 190 g/mol. The number of nitro groups is 1. The molecule has 2 aliphatic carbocycles. The maximum Gasteiger partial charge on any atom is 0.273 e. The molecule has 0 heterocycles. The van der Waals surface area contributed by atoms with Gasteiger partial charge >= 0.3 is 0 Å². The van der Waals surface area contributed by atoms with Gasteiger partial charge in [-0.1, -0.05) is 36.4 Å². The summed E-state index contributed by atoms with van der Waals surface area (Å²) in [7, 11) is 0. The minimum Gasteiger partial charge on any atom is -0.258 e. The van der Waals surface area contributed by atoms with Crippen molar-refractivity contribution in [3.8, 4) is 0 Å². The van der Waals surface area contributed by atoms with E-state index >= 15 is 0 Å². The topological polar surface area (TPSA) is 43.1 Å². The van der Waals surface area contributed by atoms with Crippen molar-refractivity contribution in [3.05, 3.63) is 63.7 Å². The summed E-state index contributed by atoms with van der Waals surface area (Å²) in [5, 5.41) is 10.9. The predicted molar refractivity (Wildman–Crippen MR) is 56.9 cm³/mol. The van der Waals surface area contributed by atoms with Crippen molar-refractivity contribution >= 4 is 5.69 Å². The summed E-state index contributed by atoms with van der Waals surface area (Å²) in [6, 6.07) is 5.28. The van der Waals surface area contributed by atoms with E-state index in [1.54, 1.807) is 12.1 Å². The second-order valence-electron chi connectivity index (χ2n) is 3.95. The monoisotopic (exact) mass is 199 g/mol. The zero-order valence-electron chi connectivity index (χ0n) is 8.01. The summed E-state index contributed by atoms with van der Waals surface area (Å²) >= 11 is 0. The molecule has 0 aliphatic heterocycles. The van der Waals surface area contributed by atoms with E-state index in [2.05, 4.69) is 12.7 Å². The van der Waals surface area contributed by atoms with Gasteiger partial charge in [-0.05, 0) is 5.56 Å². The number of rotatable bonds is 1. The largest absolute Gasteiger partial charge is 0.273 e. The van der Waals surface area contributed by atoms with Crippen molar-refractivity contribution in [3.63, 3.8) is 0 Å². The van der Waals surface area contributed by atoms with Crippen molar-refractivity contribution in [2.24, 2.45) is 0 Å². The van der Waals surface area contributed by atoms with Gasteiger partial charge < -0.3 is 0 Å². The fourth-order valence-electron chi connectivity index (χ4n) is 2.59. The molecule has 2 bridgehead atoms. The lowest BCUT2D eigenvalue weighted by molar-refractivity contribution is -0.385. The molecule has 3 nitrogen and oxygen atoms in total. The Balaban J connectivity index is 2.29. The van der Waals surface area contributed by atoms with Crippen molar-refractivity contribution in [1.82, 2.24) is 0 Å². The van der Waals surface area contributed by atoms with E-state index in [1.807, 2.05) is 12.1 Å². The standard InChI is InChI=1S/C12H9NO2/c1-7-8-5-6-9(7)12-10(8)3-2-4-11(12)13(14)15/h2-6,8-9H,1H2. The van der Waals surface area contributed by atoms with Gasteiger partial charge in [0, 0.05) is 23.5 Å². The van der Waals surface area contributed by atoms with Gasteiger partial charge in [-0.25, -0.2) is 0 Å². The predicted octanol–water partition coefficient (Wildman–Crippen LogP) is 2.90. The lowest BCUT2D eigenvalue weighted by atomic mass is 9.95. The molecule has 0 amide bonds. The van der Waals surface area contributed by atoms with Crippen LogP contribution in [0.1, 0.15) is 23.0 Å². The first-order chi connectivity index (χ1) is 7.20. The van der Waals surface area contributed by atoms with E-state index in [0.717, 1.165) is 16.7 Å². The highest BCUT2D eigenvalue weighted by Crippen LogP contribution is 2.54. The van der Waals surface area contributed by atoms with Gasteiger partial charge in [0.15, 0.2) is 0 Å². The quantitative estimate of drug-likeness (QED) is 0.396. The molecular formula is C12H9NO2. The average Bonchev–Trinajstić information content (AvgIpc) is 2.72. The highest BCUT2D eigenvalue weighted by molar-refractivity contribution is 5.65. The number of hydrogen-bond donors (Lipinski definition) is 0. The number of fused-ring (bicyclic) bond motifs is 5. The van der Waals surface area contributed by atoms with Crippen molar-refractivity contribution in [1.29, 1.82) is 0 Å². The Labute approximate surface area is 86.9 Å². The van der Waals surface area contributed by atoms with Gasteiger partial charge in [0.25, 0.3) is 5.69 Å². The van der Waals surface area contributed by atoms with Crippen LogP contribution in [0.25, 0.3) is 0 Å². The summed E-state index contributed by atoms with van der Waals surface area (Å²) in [4.78, 5) is 10.6. The molecule has 0 N–H and O–H groups in total. The highest BCUT2D eigenvalue weighted by atomic mass is 16.6. The fourth-order valence-corrected chi connectivity index (χ4v) is 2.59. The Bertz CT molecular complexity index is 516. The first-order valence-corrected chi connectivity index (χ1v) is 4.84. The van der Waals surface area contributed by atoms with E-state index in [4.69, 9.17) is 0 Å².